The standard InChI is InChI=1S/C12H12N2O.2ClH/c1-14(2)12(15)10-6-5-9-4-3-7-13-11(9)8-10;;/h3-8H,1-2H3;2*1H. The normalized spacial score (nSPS) is 9.06. The number of nitrogens with zero attached hydrogens (tertiary/aromatic N) is 2. The molecule has 0 bridgehead atoms. The van der Waals surface area contributed by atoms with Crippen LogP contribution in [0, 0.1) is 0 Å². The van der Waals surface area contributed by atoms with E-state index < -0.39 is 0 Å². The molecule has 0 fully saturated rings. The van der Waals surface area contributed by atoms with E-state index in [1.165, 1.54) is 0 Å². The summed E-state index contributed by atoms with van der Waals surface area (Å²) in [4.78, 5) is 17.5. The topological polar surface area (TPSA) is 33.2 Å². The molecule has 0 atom stereocenters. The Labute approximate surface area is 113 Å². The zero-order valence-electron chi connectivity index (χ0n) is 9.58. The van der Waals surface area contributed by atoms with Gasteiger partial charge in [0.2, 0.25) is 0 Å². The van der Waals surface area contributed by atoms with Gasteiger partial charge in [-0.15, -0.1) is 24.8 Å². The third kappa shape index (κ3) is 3.32. The Hall–Kier alpha value is -1.32. The molecule has 3 nitrogen and oxygen atoms in total. The number of pyridine rings is 1. The summed E-state index contributed by atoms with van der Waals surface area (Å²) in [7, 11) is 3.48. The number of amides is 1. The highest BCUT2D eigenvalue weighted by Gasteiger charge is 2.07. The first kappa shape index (κ1) is 15.7. The molecule has 0 unspecified atom stereocenters. The quantitative estimate of drug-likeness (QED) is 0.800. The SMILES string of the molecule is CN(C)C(=O)c1ccc2cccnc2c1.Cl.Cl. The minimum atomic E-state index is 0. The fourth-order valence-corrected chi connectivity index (χ4v) is 1.46. The van der Waals surface area contributed by atoms with Gasteiger partial charge in [-0.1, -0.05) is 12.1 Å². The second-order valence-corrected chi connectivity index (χ2v) is 3.61. The summed E-state index contributed by atoms with van der Waals surface area (Å²) in [5.41, 5.74) is 1.52. The van der Waals surface area contributed by atoms with Crippen molar-refractivity contribution < 1.29 is 4.79 Å². The molecule has 1 heterocycles. The minimum absolute atomic E-state index is 0. The van der Waals surface area contributed by atoms with E-state index in [4.69, 9.17) is 0 Å². The maximum Gasteiger partial charge on any atom is 0.253 e. The van der Waals surface area contributed by atoms with Gasteiger partial charge in [-0.05, 0) is 18.2 Å². The zero-order chi connectivity index (χ0) is 10.8. The molecule has 1 aromatic heterocycles. The van der Waals surface area contributed by atoms with Crippen molar-refractivity contribution in [3.8, 4) is 0 Å². The molecule has 2 aromatic rings. The van der Waals surface area contributed by atoms with Crippen LogP contribution < -0.4 is 0 Å². The zero-order valence-corrected chi connectivity index (χ0v) is 11.2. The number of hydrogen-bond acceptors (Lipinski definition) is 2. The summed E-state index contributed by atoms with van der Waals surface area (Å²) >= 11 is 0. The van der Waals surface area contributed by atoms with Gasteiger partial charge in [-0.2, -0.15) is 0 Å². The van der Waals surface area contributed by atoms with E-state index in [1.54, 1.807) is 25.2 Å². The molecule has 0 spiro atoms. The van der Waals surface area contributed by atoms with E-state index in [0.29, 0.717) is 5.56 Å². The summed E-state index contributed by atoms with van der Waals surface area (Å²) in [6, 6.07) is 9.42. The van der Waals surface area contributed by atoms with Gasteiger partial charge in [0.25, 0.3) is 5.91 Å². The van der Waals surface area contributed by atoms with Crippen LogP contribution in [-0.4, -0.2) is 29.9 Å². The Balaban J connectivity index is 0.00000128. The Morgan fingerprint density at radius 1 is 1.18 bits per heavy atom. The van der Waals surface area contributed by atoms with Crippen molar-refractivity contribution in [3.05, 3.63) is 42.1 Å². The molecule has 0 saturated carbocycles. The first-order valence-corrected chi connectivity index (χ1v) is 4.75. The van der Waals surface area contributed by atoms with Crippen molar-refractivity contribution in [1.82, 2.24) is 9.88 Å². The first-order valence-electron chi connectivity index (χ1n) is 4.75. The number of rotatable bonds is 1. The number of aromatic nitrogens is 1. The van der Waals surface area contributed by atoms with Crippen LogP contribution in [0.2, 0.25) is 0 Å². The van der Waals surface area contributed by atoms with Crippen molar-refractivity contribution >= 4 is 41.6 Å². The molecule has 0 aliphatic heterocycles. The summed E-state index contributed by atoms with van der Waals surface area (Å²) < 4.78 is 0. The van der Waals surface area contributed by atoms with Crippen LogP contribution in [0.25, 0.3) is 10.9 Å². The molecule has 1 aromatic carbocycles. The monoisotopic (exact) mass is 272 g/mol. The van der Waals surface area contributed by atoms with Gasteiger partial charge in [0.15, 0.2) is 0 Å². The Kier molecular flexibility index (Phi) is 5.93. The van der Waals surface area contributed by atoms with Crippen LogP contribution in [0.4, 0.5) is 0 Å². The second-order valence-electron chi connectivity index (χ2n) is 3.61. The Morgan fingerprint density at radius 3 is 2.53 bits per heavy atom. The summed E-state index contributed by atoms with van der Waals surface area (Å²) in [5, 5.41) is 1.05. The highest BCUT2D eigenvalue weighted by molar-refractivity contribution is 5.97. The highest BCUT2D eigenvalue weighted by atomic mass is 35.5. The number of carbonyl (C=O) groups is 1. The van der Waals surface area contributed by atoms with Crippen LogP contribution in [-0.2, 0) is 0 Å². The fraction of sp³-hybridized carbons (Fsp3) is 0.167. The van der Waals surface area contributed by atoms with Crippen molar-refractivity contribution in [3.63, 3.8) is 0 Å². The molecule has 92 valence electrons. The number of carbonyl (C=O) groups excluding carboxylic acids is 1. The highest BCUT2D eigenvalue weighted by Crippen LogP contribution is 2.13. The van der Waals surface area contributed by atoms with Crippen LogP contribution in [0.5, 0.6) is 0 Å². The van der Waals surface area contributed by atoms with E-state index in [-0.39, 0.29) is 30.7 Å². The van der Waals surface area contributed by atoms with Crippen LogP contribution in [0.15, 0.2) is 36.5 Å². The lowest BCUT2D eigenvalue weighted by Gasteiger charge is -2.10. The molecule has 0 N–H and O–H groups in total. The number of fused-ring (bicyclic) bond motifs is 1. The van der Waals surface area contributed by atoms with E-state index in [2.05, 4.69) is 4.98 Å². The maximum atomic E-state index is 11.7. The third-order valence-corrected chi connectivity index (χ3v) is 2.26. The molecular formula is C12H14Cl2N2O. The predicted molar refractivity (Wildman–Crippen MR) is 74.3 cm³/mol. The van der Waals surface area contributed by atoms with Crippen molar-refractivity contribution in [1.29, 1.82) is 0 Å². The minimum Gasteiger partial charge on any atom is -0.345 e. The van der Waals surface area contributed by atoms with Gasteiger partial charge in [0, 0.05) is 31.2 Å². The maximum absolute atomic E-state index is 11.7. The molecule has 17 heavy (non-hydrogen) atoms. The van der Waals surface area contributed by atoms with Crippen LogP contribution in [0.1, 0.15) is 10.4 Å². The van der Waals surface area contributed by atoms with Crippen molar-refractivity contribution in [2.45, 2.75) is 0 Å². The molecule has 0 aliphatic rings. The number of benzene rings is 1. The Morgan fingerprint density at radius 2 is 1.88 bits per heavy atom. The van der Waals surface area contributed by atoms with Crippen LogP contribution >= 0.6 is 24.8 Å². The fourth-order valence-electron chi connectivity index (χ4n) is 1.46. The van der Waals surface area contributed by atoms with E-state index in [9.17, 15) is 4.79 Å². The Bertz CT molecular complexity index is 515. The summed E-state index contributed by atoms with van der Waals surface area (Å²) in [6.45, 7) is 0. The molecule has 1 amide bonds. The van der Waals surface area contributed by atoms with Gasteiger partial charge in [0.1, 0.15) is 0 Å². The van der Waals surface area contributed by atoms with Crippen molar-refractivity contribution in [2.24, 2.45) is 0 Å². The van der Waals surface area contributed by atoms with Gasteiger partial charge in [-0.3, -0.25) is 9.78 Å². The molecule has 0 aliphatic carbocycles. The largest absolute Gasteiger partial charge is 0.345 e. The molecule has 0 radical (unpaired) electrons. The molecule has 5 heteroatoms. The molecule has 2 rings (SSSR count). The van der Waals surface area contributed by atoms with Gasteiger partial charge >= 0.3 is 0 Å². The summed E-state index contributed by atoms with van der Waals surface area (Å²) in [5.74, 6) is 0.00236. The van der Waals surface area contributed by atoms with Gasteiger partial charge in [0.05, 0.1) is 5.52 Å². The first-order chi connectivity index (χ1) is 7.18. The third-order valence-electron chi connectivity index (χ3n) is 2.26. The second kappa shape index (κ2) is 6.42. The van der Waals surface area contributed by atoms with Crippen molar-refractivity contribution in [2.75, 3.05) is 14.1 Å². The average Bonchev–Trinajstić information content (AvgIpc) is 2.27. The number of hydrogen-bond donors (Lipinski definition) is 0. The smallest absolute Gasteiger partial charge is 0.253 e. The molecular weight excluding hydrogens is 259 g/mol. The van der Waals surface area contributed by atoms with Crippen LogP contribution in [0.3, 0.4) is 0 Å². The van der Waals surface area contributed by atoms with E-state index in [1.807, 2.05) is 30.3 Å². The lowest BCUT2D eigenvalue weighted by atomic mass is 10.1. The molecule has 0 saturated heterocycles. The number of halogens is 2. The predicted octanol–water partition coefficient (Wildman–Crippen LogP) is 2.78. The van der Waals surface area contributed by atoms with Gasteiger partial charge in [-0.25, -0.2) is 0 Å². The van der Waals surface area contributed by atoms with E-state index in [0.717, 1.165) is 10.9 Å². The summed E-state index contributed by atoms with van der Waals surface area (Å²) in [6.07, 6.45) is 1.73. The lowest BCUT2D eigenvalue weighted by Crippen LogP contribution is -2.21. The van der Waals surface area contributed by atoms with Gasteiger partial charge < -0.3 is 4.90 Å². The van der Waals surface area contributed by atoms with E-state index >= 15 is 0 Å². The average molecular weight is 273 g/mol. The lowest BCUT2D eigenvalue weighted by molar-refractivity contribution is 0.0828.